The number of halogens is 2. The maximum Gasteiger partial charge on any atom is 0.349 e. The fourth-order valence-corrected chi connectivity index (χ4v) is 14.1. The van der Waals surface area contributed by atoms with Crippen LogP contribution >= 0.6 is 11.6 Å². The Balaban J connectivity index is 1.14. The van der Waals surface area contributed by atoms with E-state index in [1.165, 1.54) is 0 Å². The number of alkyl halides is 1. The fourth-order valence-electron chi connectivity index (χ4n) is 8.16. The predicted octanol–water partition coefficient (Wildman–Crippen LogP) is 9.13. The summed E-state index contributed by atoms with van der Waals surface area (Å²) in [4.78, 5) is 12.2. The summed E-state index contributed by atoms with van der Waals surface area (Å²) in [5.41, 5.74) is 4.60. The Hall–Kier alpha value is -2.86. The molecule has 3 aromatic heterocycles. The molecule has 3 aliphatic rings. The second-order valence-electron chi connectivity index (χ2n) is 19.3. The molecule has 0 saturated carbocycles. The Morgan fingerprint density at radius 3 is 2.33 bits per heavy atom. The van der Waals surface area contributed by atoms with Gasteiger partial charge < -0.3 is 28.0 Å². The topological polar surface area (TPSA) is 97.9 Å². The Labute approximate surface area is 332 Å². The van der Waals surface area contributed by atoms with Crippen LogP contribution in [-0.4, -0.2) is 84.8 Å². The lowest BCUT2D eigenvalue weighted by atomic mass is 10.1. The average Bonchev–Trinajstić information content (AvgIpc) is 3.82. The van der Waals surface area contributed by atoms with Gasteiger partial charge in [0.25, 0.3) is 0 Å². The number of ether oxygens (including phenoxy) is 3. The molecule has 3 aliphatic heterocycles. The highest BCUT2D eigenvalue weighted by molar-refractivity contribution is 6.76. The van der Waals surface area contributed by atoms with E-state index in [2.05, 4.69) is 83.3 Å². The van der Waals surface area contributed by atoms with Crippen LogP contribution < -0.4 is 9.64 Å². The van der Waals surface area contributed by atoms with Gasteiger partial charge in [-0.15, -0.1) is 0 Å². The molecule has 55 heavy (non-hydrogen) atoms. The van der Waals surface area contributed by atoms with Gasteiger partial charge in [-0.2, -0.15) is 10.1 Å². The first-order valence-electron chi connectivity index (χ1n) is 19.4. The third kappa shape index (κ3) is 8.28. The molecule has 0 radical (unpaired) electrons. The lowest BCUT2D eigenvalue weighted by molar-refractivity contribution is -0.0660. The van der Waals surface area contributed by atoms with E-state index in [1.54, 1.807) is 18.5 Å². The molecule has 15 heteroatoms. The summed E-state index contributed by atoms with van der Waals surface area (Å²) < 4.78 is 50.8. The molecule has 0 N–H and O–H groups in total. The number of hydrogen-bond donors (Lipinski definition) is 0. The standard InChI is InChI=1S/C40H58ClFN6O5Si2/c1-38(2,3)55(39(4,5)6)51-23-32-35(53-55)33(22-50-32)52-37-44-36-31(48(37)25-49-16-17-54(9,10)11)18-29(41)34(43-36)26-12-14-28(15-13-26)46-19-27-20-47(24-40(7,8)42)45-30(27)21-46/h12-15,18,20,32-33,35H,16-17,19,21-25H2,1-11H3/t32-,33-,35-/m1/s1. The molecule has 2 saturated heterocycles. The van der Waals surface area contributed by atoms with E-state index in [0.29, 0.717) is 55.3 Å². The smallest absolute Gasteiger partial charge is 0.349 e. The second-order valence-corrected chi connectivity index (χ2v) is 30.1. The third-order valence-corrected chi connectivity index (χ3v) is 17.9. The van der Waals surface area contributed by atoms with Crippen LogP contribution in [0.3, 0.4) is 0 Å². The van der Waals surface area contributed by atoms with Crippen LogP contribution in [0, 0.1) is 0 Å². The van der Waals surface area contributed by atoms with Crippen LogP contribution in [0.2, 0.25) is 40.8 Å². The van der Waals surface area contributed by atoms with Crippen molar-refractivity contribution in [3.63, 3.8) is 0 Å². The summed E-state index contributed by atoms with van der Waals surface area (Å²) in [6.07, 6.45) is 1.04. The van der Waals surface area contributed by atoms with Gasteiger partial charge in [0.1, 0.15) is 24.6 Å². The summed E-state index contributed by atoms with van der Waals surface area (Å²) in [7, 11) is -4.07. The number of aromatic nitrogens is 5. The van der Waals surface area contributed by atoms with E-state index < -0.39 is 28.4 Å². The average molecular weight is 814 g/mol. The molecule has 4 aromatic rings. The van der Waals surface area contributed by atoms with E-state index in [0.717, 1.165) is 34.1 Å². The number of hydrogen-bond acceptors (Lipinski definition) is 9. The Bertz CT molecular complexity index is 1980. The lowest BCUT2D eigenvalue weighted by Crippen LogP contribution is -2.65. The molecule has 0 bridgehead atoms. The van der Waals surface area contributed by atoms with Crippen molar-refractivity contribution in [3.8, 4) is 17.3 Å². The van der Waals surface area contributed by atoms with Gasteiger partial charge in [-0.1, -0.05) is 84.9 Å². The number of nitrogens with zero attached hydrogens (tertiary/aromatic N) is 6. The molecule has 3 atom stereocenters. The van der Waals surface area contributed by atoms with Gasteiger partial charge in [-0.25, -0.2) is 9.37 Å². The number of anilines is 1. The zero-order valence-corrected chi connectivity index (χ0v) is 37.1. The summed E-state index contributed by atoms with van der Waals surface area (Å²) in [6, 6.07) is 11.5. The molecule has 11 nitrogen and oxygen atoms in total. The van der Waals surface area contributed by atoms with Crippen molar-refractivity contribution in [2.45, 2.75) is 141 Å². The summed E-state index contributed by atoms with van der Waals surface area (Å²) >= 11 is 7.02. The molecule has 1 aromatic carbocycles. The van der Waals surface area contributed by atoms with Gasteiger partial charge in [0, 0.05) is 54.3 Å². The van der Waals surface area contributed by atoms with Crippen molar-refractivity contribution in [3.05, 3.63) is 52.8 Å². The predicted molar refractivity (Wildman–Crippen MR) is 220 cm³/mol. The highest BCUT2D eigenvalue weighted by Gasteiger charge is 2.64. The second kappa shape index (κ2) is 14.5. The molecule has 2 fully saturated rings. The zero-order chi connectivity index (χ0) is 39.7. The minimum Gasteiger partial charge on any atom is -0.456 e. The van der Waals surface area contributed by atoms with E-state index in [1.807, 2.05) is 29.0 Å². The monoisotopic (exact) mass is 812 g/mol. The van der Waals surface area contributed by atoms with Gasteiger partial charge in [0.15, 0.2) is 11.8 Å². The van der Waals surface area contributed by atoms with Gasteiger partial charge in [0.2, 0.25) is 0 Å². The number of pyridine rings is 1. The SMILES string of the molecule is CC(C)(F)Cn1cc2c(n1)CN(c1ccc(-c3nc4nc(O[C@@H]5CO[C@@H]6CO[Si](C(C)(C)C)(C(C)(C)C)O[C@H]65)n(COCC[Si](C)(C)C)c4cc3Cl)cc1)C2. The molecule has 300 valence electrons. The molecule has 0 aliphatic carbocycles. The summed E-state index contributed by atoms with van der Waals surface area (Å²) in [5.74, 6) is 0. The zero-order valence-electron chi connectivity index (χ0n) is 34.3. The first-order chi connectivity index (χ1) is 25.6. The van der Waals surface area contributed by atoms with Crippen LogP contribution in [0.1, 0.15) is 66.6 Å². The molecule has 0 spiro atoms. The van der Waals surface area contributed by atoms with Crippen molar-refractivity contribution < 1.29 is 27.5 Å². The summed E-state index contributed by atoms with van der Waals surface area (Å²) in [6.45, 7) is 26.8. The van der Waals surface area contributed by atoms with E-state index in [-0.39, 0.29) is 35.6 Å². The highest BCUT2D eigenvalue weighted by atomic mass is 35.5. The minimum atomic E-state index is -2.77. The van der Waals surface area contributed by atoms with Gasteiger partial charge >= 0.3 is 14.6 Å². The van der Waals surface area contributed by atoms with Crippen molar-refractivity contribution in [2.75, 3.05) is 24.7 Å². The minimum absolute atomic E-state index is 0.174. The fraction of sp³-hybridized carbons (Fsp3) is 0.625. The van der Waals surface area contributed by atoms with Crippen LogP contribution in [-0.2, 0) is 44.7 Å². The number of rotatable bonds is 11. The largest absolute Gasteiger partial charge is 0.456 e. The maximum absolute atomic E-state index is 14.2. The van der Waals surface area contributed by atoms with Gasteiger partial charge in [0.05, 0.1) is 48.2 Å². The Kier molecular flexibility index (Phi) is 10.6. The quantitative estimate of drug-likeness (QED) is 0.109. The summed E-state index contributed by atoms with van der Waals surface area (Å²) in [5, 5.41) is 4.80. The number of benzene rings is 1. The lowest BCUT2D eigenvalue weighted by Gasteiger charge is -2.53. The highest BCUT2D eigenvalue weighted by Crippen LogP contribution is 2.55. The molecular weight excluding hydrogens is 755 g/mol. The Morgan fingerprint density at radius 1 is 0.982 bits per heavy atom. The molecule has 6 heterocycles. The molecular formula is C40H58ClFN6O5Si2. The molecule has 7 rings (SSSR count). The normalized spacial score (nSPS) is 21.7. The van der Waals surface area contributed by atoms with E-state index >= 15 is 0 Å². The van der Waals surface area contributed by atoms with Crippen molar-refractivity contribution in [1.82, 2.24) is 24.3 Å². The van der Waals surface area contributed by atoms with Crippen molar-refractivity contribution in [1.29, 1.82) is 0 Å². The first kappa shape index (κ1) is 40.3. The van der Waals surface area contributed by atoms with Crippen LogP contribution in [0.15, 0.2) is 36.5 Å². The van der Waals surface area contributed by atoms with Crippen LogP contribution in [0.4, 0.5) is 10.1 Å². The maximum atomic E-state index is 14.2. The number of fused-ring (bicyclic) bond motifs is 3. The first-order valence-corrected chi connectivity index (χ1v) is 25.4. The Morgan fingerprint density at radius 2 is 1.69 bits per heavy atom. The van der Waals surface area contributed by atoms with Gasteiger partial charge in [-0.3, -0.25) is 9.25 Å². The van der Waals surface area contributed by atoms with Gasteiger partial charge in [-0.05, 0) is 38.1 Å². The third-order valence-electron chi connectivity index (χ3n) is 10.7. The van der Waals surface area contributed by atoms with Crippen molar-refractivity contribution in [2.24, 2.45) is 0 Å². The van der Waals surface area contributed by atoms with Crippen molar-refractivity contribution >= 4 is 45.1 Å². The van der Waals surface area contributed by atoms with E-state index in [9.17, 15) is 4.39 Å². The molecule has 0 unspecified atom stereocenters. The number of imidazole rings is 1. The van der Waals surface area contributed by atoms with E-state index in [4.69, 9.17) is 44.6 Å². The van der Waals surface area contributed by atoms with Crippen LogP contribution in [0.5, 0.6) is 6.01 Å². The molecule has 0 amide bonds. The van der Waals surface area contributed by atoms with Crippen LogP contribution in [0.25, 0.3) is 22.4 Å².